The quantitative estimate of drug-likeness (QED) is 0.414. The second-order valence-electron chi connectivity index (χ2n) is 6.61. The number of imidazole rings is 1. The van der Waals surface area contributed by atoms with Crippen LogP contribution in [-0.4, -0.2) is 28.4 Å². The molecule has 0 atom stereocenters. The molecule has 0 radical (unpaired) electrons. The Balaban J connectivity index is 1.52. The summed E-state index contributed by atoms with van der Waals surface area (Å²) in [5, 5.41) is 7.83. The Labute approximate surface area is 184 Å². The Morgan fingerprint density at radius 3 is 2.39 bits per heavy atom. The van der Waals surface area contributed by atoms with Gasteiger partial charge in [0, 0.05) is 10.6 Å². The van der Waals surface area contributed by atoms with Crippen LogP contribution in [0, 0.1) is 0 Å². The molecule has 0 unspecified atom stereocenters. The minimum absolute atomic E-state index is 0.169. The van der Waals surface area contributed by atoms with Crippen LogP contribution in [0.4, 0.5) is 5.95 Å². The highest BCUT2D eigenvalue weighted by atomic mass is 35.5. The fourth-order valence-corrected chi connectivity index (χ4v) is 2.93. The molecule has 1 aromatic heterocycles. The summed E-state index contributed by atoms with van der Waals surface area (Å²) in [5.74, 6) is 0.502. The van der Waals surface area contributed by atoms with Gasteiger partial charge in [0.05, 0.1) is 18.1 Å². The molecule has 3 aromatic carbocycles. The third kappa shape index (κ3) is 5.58. The lowest BCUT2D eigenvalue weighted by Crippen LogP contribution is -2.22. The van der Waals surface area contributed by atoms with E-state index in [1.165, 1.54) is 4.68 Å². The van der Waals surface area contributed by atoms with Crippen LogP contribution in [0.25, 0.3) is 11.3 Å². The standard InChI is InChI=1S/C24H19ClN4O2/c25-20-11-13-21(14-12-20)31-17-23(30)28-24-27-22(19-9-5-2-6-10-19)16-29(24)26-15-18-7-3-1-4-8-18/h1-16H,17H2,(H,27,28,30)/b26-15+. The molecule has 6 nitrogen and oxygen atoms in total. The maximum Gasteiger partial charge on any atom is 0.264 e. The molecule has 31 heavy (non-hydrogen) atoms. The minimum Gasteiger partial charge on any atom is -0.484 e. The molecule has 0 aliphatic rings. The van der Waals surface area contributed by atoms with Gasteiger partial charge >= 0.3 is 0 Å². The summed E-state index contributed by atoms with van der Waals surface area (Å²) in [4.78, 5) is 17.0. The molecule has 1 heterocycles. The highest BCUT2D eigenvalue weighted by Gasteiger charge is 2.13. The van der Waals surface area contributed by atoms with E-state index in [-0.39, 0.29) is 12.5 Å². The van der Waals surface area contributed by atoms with Gasteiger partial charge in [-0.15, -0.1) is 0 Å². The number of ether oxygens (including phenoxy) is 1. The number of rotatable bonds is 7. The zero-order valence-electron chi connectivity index (χ0n) is 16.5. The van der Waals surface area contributed by atoms with Crippen molar-refractivity contribution in [1.29, 1.82) is 0 Å². The Bertz CT molecular complexity index is 1170. The maximum atomic E-state index is 12.5. The van der Waals surface area contributed by atoms with Crippen molar-refractivity contribution in [2.75, 3.05) is 11.9 Å². The van der Waals surface area contributed by atoms with E-state index in [1.54, 1.807) is 36.7 Å². The molecule has 0 aliphatic heterocycles. The van der Waals surface area contributed by atoms with E-state index < -0.39 is 0 Å². The largest absolute Gasteiger partial charge is 0.484 e. The van der Waals surface area contributed by atoms with Gasteiger partial charge in [0.2, 0.25) is 5.95 Å². The topological polar surface area (TPSA) is 68.5 Å². The molecule has 1 N–H and O–H groups in total. The third-order valence-electron chi connectivity index (χ3n) is 4.32. The van der Waals surface area contributed by atoms with Crippen molar-refractivity contribution >= 4 is 29.7 Å². The van der Waals surface area contributed by atoms with Crippen LogP contribution in [0.2, 0.25) is 5.02 Å². The number of carbonyl (C=O) groups excluding carboxylic acids is 1. The van der Waals surface area contributed by atoms with E-state index in [9.17, 15) is 4.79 Å². The molecule has 0 spiro atoms. The van der Waals surface area contributed by atoms with E-state index in [1.807, 2.05) is 60.7 Å². The molecular weight excluding hydrogens is 412 g/mol. The molecule has 0 bridgehead atoms. The van der Waals surface area contributed by atoms with Gasteiger partial charge in [0.1, 0.15) is 5.75 Å². The SMILES string of the molecule is O=C(COc1ccc(Cl)cc1)Nc1nc(-c2ccccc2)cn1/N=C/c1ccccc1. The Hall–Kier alpha value is -3.90. The summed E-state index contributed by atoms with van der Waals surface area (Å²) in [6.07, 6.45) is 3.47. The fourth-order valence-electron chi connectivity index (χ4n) is 2.80. The first-order chi connectivity index (χ1) is 15.2. The number of carbonyl (C=O) groups is 1. The van der Waals surface area contributed by atoms with Crippen LogP contribution in [0.15, 0.2) is 96.2 Å². The number of nitrogens with zero attached hydrogens (tertiary/aromatic N) is 3. The molecular formula is C24H19ClN4O2. The Morgan fingerprint density at radius 2 is 1.68 bits per heavy atom. The lowest BCUT2D eigenvalue weighted by Gasteiger charge is -2.07. The molecule has 0 saturated carbocycles. The van der Waals surface area contributed by atoms with Crippen LogP contribution in [0.1, 0.15) is 5.56 Å². The second kappa shape index (κ2) is 9.73. The van der Waals surface area contributed by atoms with Gasteiger partial charge in [-0.25, -0.2) is 9.66 Å². The van der Waals surface area contributed by atoms with Gasteiger partial charge in [-0.3, -0.25) is 10.1 Å². The number of benzene rings is 3. The molecule has 4 rings (SSSR count). The highest BCUT2D eigenvalue weighted by molar-refractivity contribution is 6.30. The Morgan fingerprint density at radius 1 is 1.00 bits per heavy atom. The molecule has 0 aliphatic carbocycles. The molecule has 1 amide bonds. The summed E-state index contributed by atoms with van der Waals surface area (Å²) < 4.78 is 7.05. The van der Waals surface area contributed by atoms with Crippen molar-refractivity contribution in [2.24, 2.45) is 5.10 Å². The van der Waals surface area contributed by atoms with E-state index in [0.29, 0.717) is 22.4 Å². The number of amides is 1. The summed E-state index contributed by atoms with van der Waals surface area (Å²) in [6.45, 7) is -0.169. The fraction of sp³-hybridized carbons (Fsp3) is 0.0417. The predicted octanol–water partition coefficient (Wildman–Crippen LogP) is 5.10. The maximum absolute atomic E-state index is 12.5. The monoisotopic (exact) mass is 430 g/mol. The van der Waals surface area contributed by atoms with Crippen molar-refractivity contribution in [3.8, 4) is 17.0 Å². The van der Waals surface area contributed by atoms with Crippen molar-refractivity contribution in [2.45, 2.75) is 0 Å². The molecule has 4 aromatic rings. The van der Waals surface area contributed by atoms with Crippen LogP contribution >= 0.6 is 11.6 Å². The van der Waals surface area contributed by atoms with Crippen molar-refractivity contribution in [3.63, 3.8) is 0 Å². The highest BCUT2D eigenvalue weighted by Crippen LogP contribution is 2.21. The van der Waals surface area contributed by atoms with E-state index in [2.05, 4.69) is 15.4 Å². The second-order valence-corrected chi connectivity index (χ2v) is 7.04. The van der Waals surface area contributed by atoms with Crippen LogP contribution in [0.5, 0.6) is 5.75 Å². The normalized spacial score (nSPS) is 10.9. The van der Waals surface area contributed by atoms with Crippen molar-refractivity contribution in [1.82, 2.24) is 9.66 Å². The van der Waals surface area contributed by atoms with E-state index in [4.69, 9.17) is 16.3 Å². The van der Waals surface area contributed by atoms with Gasteiger partial charge in [0.15, 0.2) is 6.61 Å². The lowest BCUT2D eigenvalue weighted by molar-refractivity contribution is -0.118. The van der Waals surface area contributed by atoms with Crippen LogP contribution in [0.3, 0.4) is 0 Å². The first-order valence-corrected chi connectivity index (χ1v) is 9.97. The smallest absolute Gasteiger partial charge is 0.264 e. The minimum atomic E-state index is -0.351. The zero-order chi connectivity index (χ0) is 21.5. The number of aromatic nitrogens is 2. The van der Waals surface area contributed by atoms with Gasteiger partial charge < -0.3 is 4.74 Å². The number of halogens is 1. The van der Waals surface area contributed by atoms with Gasteiger partial charge in [-0.2, -0.15) is 5.10 Å². The molecule has 7 heteroatoms. The summed E-state index contributed by atoms with van der Waals surface area (Å²) in [6, 6.07) is 26.2. The van der Waals surface area contributed by atoms with Gasteiger partial charge in [-0.1, -0.05) is 72.3 Å². The van der Waals surface area contributed by atoms with Crippen molar-refractivity contribution in [3.05, 3.63) is 102 Å². The number of nitrogens with one attached hydrogen (secondary N) is 1. The first kappa shape index (κ1) is 20.4. The molecule has 0 fully saturated rings. The molecule has 154 valence electrons. The number of hydrogen-bond donors (Lipinski definition) is 1. The van der Waals surface area contributed by atoms with Crippen LogP contribution in [-0.2, 0) is 4.79 Å². The van der Waals surface area contributed by atoms with E-state index >= 15 is 0 Å². The number of hydrogen-bond acceptors (Lipinski definition) is 4. The van der Waals surface area contributed by atoms with Crippen molar-refractivity contribution < 1.29 is 9.53 Å². The average molecular weight is 431 g/mol. The van der Waals surface area contributed by atoms with E-state index in [0.717, 1.165) is 11.1 Å². The number of anilines is 1. The van der Waals surface area contributed by atoms with Crippen LogP contribution < -0.4 is 10.1 Å². The van der Waals surface area contributed by atoms with Gasteiger partial charge in [-0.05, 0) is 29.8 Å². The predicted molar refractivity (Wildman–Crippen MR) is 123 cm³/mol. The molecule has 0 saturated heterocycles. The zero-order valence-corrected chi connectivity index (χ0v) is 17.2. The lowest BCUT2D eigenvalue weighted by atomic mass is 10.2. The van der Waals surface area contributed by atoms with Gasteiger partial charge in [0.25, 0.3) is 5.91 Å². The first-order valence-electron chi connectivity index (χ1n) is 9.60. The summed E-state index contributed by atoms with van der Waals surface area (Å²) in [7, 11) is 0. The third-order valence-corrected chi connectivity index (χ3v) is 4.58. The average Bonchev–Trinajstić information content (AvgIpc) is 3.21. The Kier molecular flexibility index (Phi) is 6.40. The summed E-state index contributed by atoms with van der Waals surface area (Å²) >= 11 is 5.87. The summed E-state index contributed by atoms with van der Waals surface area (Å²) in [5.41, 5.74) is 2.55.